The SMILES string of the molecule is CC(=O)Nc1ccc(-c2cc(F)cc(-c3cccc(N4CCN(C(C)(C)C)CC4)c3)c2O)cc1Cl. The number of rotatable bonds is 4. The van der Waals surface area contributed by atoms with Gasteiger partial charge in [0, 0.05) is 55.5 Å². The van der Waals surface area contributed by atoms with Gasteiger partial charge in [-0.05, 0) is 68.3 Å². The van der Waals surface area contributed by atoms with Crippen molar-refractivity contribution >= 4 is 28.9 Å². The van der Waals surface area contributed by atoms with E-state index in [1.807, 2.05) is 24.3 Å². The first-order chi connectivity index (χ1) is 16.5. The first kappa shape index (κ1) is 25.0. The third kappa shape index (κ3) is 5.60. The summed E-state index contributed by atoms with van der Waals surface area (Å²) >= 11 is 6.32. The Balaban J connectivity index is 1.65. The number of phenols is 1. The number of piperazine rings is 1. The molecule has 3 aromatic rings. The van der Waals surface area contributed by atoms with E-state index in [-0.39, 0.29) is 17.2 Å². The third-order valence-electron chi connectivity index (χ3n) is 6.42. The summed E-state index contributed by atoms with van der Waals surface area (Å²) in [4.78, 5) is 16.2. The number of anilines is 2. The van der Waals surface area contributed by atoms with E-state index in [9.17, 15) is 14.3 Å². The summed E-state index contributed by atoms with van der Waals surface area (Å²) in [5.41, 5.74) is 3.68. The van der Waals surface area contributed by atoms with Crippen molar-refractivity contribution in [3.8, 4) is 28.0 Å². The van der Waals surface area contributed by atoms with Crippen LogP contribution >= 0.6 is 11.6 Å². The number of phenolic OH excluding ortho intramolecular Hbond substituents is 1. The van der Waals surface area contributed by atoms with Crippen LogP contribution in [-0.4, -0.2) is 47.6 Å². The van der Waals surface area contributed by atoms with Gasteiger partial charge in [-0.3, -0.25) is 9.69 Å². The summed E-state index contributed by atoms with van der Waals surface area (Å²) in [5, 5.41) is 14.1. The lowest BCUT2D eigenvalue weighted by atomic mass is 9.96. The van der Waals surface area contributed by atoms with E-state index >= 15 is 0 Å². The number of carbonyl (C=O) groups is 1. The summed E-state index contributed by atoms with van der Waals surface area (Å²) in [5.74, 6) is -0.723. The van der Waals surface area contributed by atoms with E-state index < -0.39 is 5.82 Å². The number of carbonyl (C=O) groups excluding carboxylic acids is 1. The molecule has 0 unspecified atom stereocenters. The zero-order chi connectivity index (χ0) is 25.3. The molecule has 3 aromatic carbocycles. The van der Waals surface area contributed by atoms with Crippen LogP contribution in [0.5, 0.6) is 5.75 Å². The number of nitrogens with one attached hydrogen (secondary N) is 1. The molecular weight excluding hydrogens is 465 g/mol. The molecule has 1 amide bonds. The standard InChI is InChI=1S/C28H31ClFN3O2/c1-18(34)31-26-9-8-20(15-25(26)29)24-17-21(30)16-23(27(24)35)19-6-5-7-22(14-19)32-10-12-33(13-11-32)28(2,3)4/h5-9,14-17,35H,10-13H2,1-4H3,(H,31,34). The molecule has 0 atom stereocenters. The minimum atomic E-state index is -0.459. The van der Waals surface area contributed by atoms with Gasteiger partial charge in [0.1, 0.15) is 11.6 Å². The number of aromatic hydroxyl groups is 1. The molecule has 1 fully saturated rings. The monoisotopic (exact) mass is 495 g/mol. The Kier molecular flexibility index (Phi) is 7.06. The highest BCUT2D eigenvalue weighted by molar-refractivity contribution is 6.34. The van der Waals surface area contributed by atoms with E-state index in [1.54, 1.807) is 18.2 Å². The minimum Gasteiger partial charge on any atom is -0.507 e. The molecule has 0 radical (unpaired) electrons. The molecule has 1 saturated heterocycles. The summed E-state index contributed by atoms with van der Waals surface area (Å²) in [6.45, 7) is 11.8. The maximum Gasteiger partial charge on any atom is 0.221 e. The van der Waals surface area contributed by atoms with Crippen molar-refractivity contribution < 1.29 is 14.3 Å². The van der Waals surface area contributed by atoms with Gasteiger partial charge in [-0.1, -0.05) is 29.8 Å². The number of nitrogens with zero attached hydrogens (tertiary/aromatic N) is 2. The maximum atomic E-state index is 14.7. The number of hydrogen-bond acceptors (Lipinski definition) is 4. The second-order valence-corrected chi connectivity index (χ2v) is 10.3. The lowest BCUT2D eigenvalue weighted by Crippen LogP contribution is -2.53. The Morgan fingerprint density at radius 1 is 0.971 bits per heavy atom. The fourth-order valence-electron chi connectivity index (χ4n) is 4.52. The highest BCUT2D eigenvalue weighted by atomic mass is 35.5. The molecule has 4 rings (SSSR count). The van der Waals surface area contributed by atoms with E-state index in [0.29, 0.717) is 27.4 Å². The van der Waals surface area contributed by atoms with E-state index in [2.05, 4.69) is 35.9 Å². The fraction of sp³-hybridized carbons (Fsp3) is 0.321. The maximum absolute atomic E-state index is 14.7. The molecule has 5 nitrogen and oxygen atoms in total. The van der Waals surface area contributed by atoms with Gasteiger partial charge in [0.25, 0.3) is 0 Å². The molecule has 0 aliphatic carbocycles. The fourth-order valence-corrected chi connectivity index (χ4v) is 4.75. The third-order valence-corrected chi connectivity index (χ3v) is 6.73. The predicted octanol–water partition coefficient (Wildman–Crippen LogP) is 6.40. The first-order valence-electron chi connectivity index (χ1n) is 11.7. The van der Waals surface area contributed by atoms with Gasteiger partial charge >= 0.3 is 0 Å². The van der Waals surface area contributed by atoms with Gasteiger partial charge in [-0.25, -0.2) is 4.39 Å². The molecule has 1 aliphatic rings. The number of halogens is 2. The predicted molar refractivity (Wildman–Crippen MR) is 142 cm³/mol. The highest BCUT2D eigenvalue weighted by Gasteiger charge is 2.26. The van der Waals surface area contributed by atoms with Crippen LogP contribution in [0, 0.1) is 5.82 Å². The van der Waals surface area contributed by atoms with Gasteiger partial charge in [0.15, 0.2) is 0 Å². The molecule has 0 bridgehead atoms. The normalized spacial score (nSPS) is 14.7. The molecule has 1 aliphatic heterocycles. The van der Waals surface area contributed by atoms with Crippen LogP contribution in [0.2, 0.25) is 5.02 Å². The Hall–Kier alpha value is -3.09. The Labute approximate surface area is 211 Å². The molecule has 0 aromatic heterocycles. The molecule has 1 heterocycles. The van der Waals surface area contributed by atoms with Crippen LogP contribution in [0.25, 0.3) is 22.3 Å². The second kappa shape index (κ2) is 9.88. The first-order valence-corrected chi connectivity index (χ1v) is 12.1. The van der Waals surface area contributed by atoms with Crippen LogP contribution in [-0.2, 0) is 4.79 Å². The summed E-state index contributed by atoms with van der Waals surface area (Å²) in [7, 11) is 0. The Morgan fingerprint density at radius 3 is 2.17 bits per heavy atom. The zero-order valence-electron chi connectivity index (χ0n) is 20.5. The van der Waals surface area contributed by atoms with Gasteiger partial charge in [-0.15, -0.1) is 0 Å². The van der Waals surface area contributed by atoms with Crippen LogP contribution in [0.1, 0.15) is 27.7 Å². The van der Waals surface area contributed by atoms with Crippen molar-refractivity contribution in [2.75, 3.05) is 36.4 Å². The molecule has 184 valence electrons. The summed E-state index contributed by atoms with van der Waals surface area (Å²) in [6.07, 6.45) is 0. The van der Waals surface area contributed by atoms with E-state index in [4.69, 9.17) is 11.6 Å². The van der Waals surface area contributed by atoms with Crippen molar-refractivity contribution in [3.05, 3.63) is 65.4 Å². The molecule has 2 N–H and O–H groups in total. The smallest absolute Gasteiger partial charge is 0.221 e. The Morgan fingerprint density at radius 2 is 1.60 bits per heavy atom. The number of benzene rings is 3. The lowest BCUT2D eigenvalue weighted by molar-refractivity contribution is -0.114. The van der Waals surface area contributed by atoms with Gasteiger partial charge in [0.05, 0.1) is 10.7 Å². The summed E-state index contributed by atoms with van der Waals surface area (Å²) < 4.78 is 14.7. The molecule has 0 spiro atoms. The van der Waals surface area contributed by atoms with Gasteiger partial charge in [0.2, 0.25) is 5.91 Å². The largest absolute Gasteiger partial charge is 0.507 e. The van der Waals surface area contributed by atoms with E-state index in [1.165, 1.54) is 19.1 Å². The highest BCUT2D eigenvalue weighted by Crippen LogP contribution is 2.41. The average molecular weight is 496 g/mol. The van der Waals surface area contributed by atoms with E-state index in [0.717, 1.165) is 37.4 Å². The van der Waals surface area contributed by atoms with Crippen LogP contribution in [0.3, 0.4) is 0 Å². The van der Waals surface area contributed by atoms with Crippen LogP contribution < -0.4 is 10.2 Å². The number of hydrogen-bond donors (Lipinski definition) is 2. The molecular formula is C28H31ClFN3O2. The van der Waals surface area contributed by atoms with Crippen molar-refractivity contribution in [1.82, 2.24) is 4.90 Å². The topological polar surface area (TPSA) is 55.8 Å². The average Bonchev–Trinajstić information content (AvgIpc) is 2.81. The van der Waals surface area contributed by atoms with Gasteiger partial charge < -0.3 is 15.3 Å². The summed E-state index contributed by atoms with van der Waals surface area (Å²) in [6, 6.07) is 15.4. The van der Waals surface area contributed by atoms with Crippen molar-refractivity contribution in [2.24, 2.45) is 0 Å². The van der Waals surface area contributed by atoms with Crippen molar-refractivity contribution in [2.45, 2.75) is 33.2 Å². The molecule has 35 heavy (non-hydrogen) atoms. The van der Waals surface area contributed by atoms with Crippen molar-refractivity contribution in [3.63, 3.8) is 0 Å². The minimum absolute atomic E-state index is 0.0237. The van der Waals surface area contributed by atoms with Gasteiger partial charge in [-0.2, -0.15) is 0 Å². The van der Waals surface area contributed by atoms with Crippen LogP contribution in [0.4, 0.5) is 15.8 Å². The number of amides is 1. The molecule has 0 saturated carbocycles. The lowest BCUT2D eigenvalue weighted by Gasteiger charge is -2.43. The molecule has 7 heteroatoms. The quantitative estimate of drug-likeness (QED) is 0.440. The van der Waals surface area contributed by atoms with Crippen molar-refractivity contribution in [1.29, 1.82) is 0 Å². The Bertz CT molecular complexity index is 1250. The van der Waals surface area contributed by atoms with Crippen LogP contribution in [0.15, 0.2) is 54.6 Å². The zero-order valence-corrected chi connectivity index (χ0v) is 21.3. The second-order valence-electron chi connectivity index (χ2n) is 9.92.